The van der Waals surface area contributed by atoms with Crippen LogP contribution in [0, 0.1) is 11.8 Å². The highest BCUT2D eigenvalue weighted by Crippen LogP contribution is 2.20. The molecule has 3 nitrogen and oxygen atoms in total. The van der Waals surface area contributed by atoms with Crippen LogP contribution in [0.15, 0.2) is 0 Å². The average molecular weight is 228 g/mol. The molecule has 1 N–H and O–H groups in total. The van der Waals surface area contributed by atoms with E-state index in [2.05, 4.69) is 31.0 Å². The van der Waals surface area contributed by atoms with E-state index >= 15 is 0 Å². The lowest BCUT2D eigenvalue weighted by Crippen LogP contribution is -2.48. The molecule has 0 aliphatic carbocycles. The normalized spacial score (nSPS) is 29.2. The van der Waals surface area contributed by atoms with Crippen molar-refractivity contribution in [3.63, 3.8) is 0 Å². The van der Waals surface area contributed by atoms with Gasteiger partial charge in [0.15, 0.2) is 0 Å². The summed E-state index contributed by atoms with van der Waals surface area (Å²) in [6.45, 7) is 12.3. The summed E-state index contributed by atoms with van der Waals surface area (Å²) in [4.78, 5) is 2.59. The molecule has 0 aromatic rings. The molecule has 1 fully saturated rings. The van der Waals surface area contributed by atoms with Crippen LogP contribution in [0.2, 0.25) is 0 Å². The lowest BCUT2D eigenvalue weighted by Gasteiger charge is -2.37. The lowest BCUT2D eigenvalue weighted by atomic mass is 9.91. The van der Waals surface area contributed by atoms with Crippen LogP contribution in [0.4, 0.5) is 0 Å². The van der Waals surface area contributed by atoms with Gasteiger partial charge in [-0.1, -0.05) is 20.8 Å². The number of nitrogens with zero attached hydrogens (tertiary/aromatic N) is 1. The molecule has 0 bridgehead atoms. The van der Waals surface area contributed by atoms with Gasteiger partial charge in [0, 0.05) is 32.8 Å². The van der Waals surface area contributed by atoms with E-state index in [9.17, 15) is 0 Å². The zero-order chi connectivity index (χ0) is 12.0. The third kappa shape index (κ3) is 4.81. The van der Waals surface area contributed by atoms with Gasteiger partial charge in [0.1, 0.15) is 0 Å². The minimum atomic E-state index is 0.479. The van der Waals surface area contributed by atoms with Crippen molar-refractivity contribution in [1.82, 2.24) is 10.2 Å². The van der Waals surface area contributed by atoms with Crippen molar-refractivity contribution >= 4 is 0 Å². The second kappa shape index (κ2) is 7.25. The molecular formula is C13H28N2O. The molecule has 3 atom stereocenters. The first-order chi connectivity index (χ1) is 7.65. The first kappa shape index (κ1) is 13.9. The Labute approximate surface area is 101 Å². The Bertz CT molecular complexity index is 171. The molecule has 0 amide bonds. The van der Waals surface area contributed by atoms with Gasteiger partial charge in [-0.05, 0) is 24.8 Å². The number of ether oxygens (including phenoxy) is 1. The van der Waals surface area contributed by atoms with E-state index in [1.165, 1.54) is 19.5 Å². The van der Waals surface area contributed by atoms with Gasteiger partial charge in [0.2, 0.25) is 0 Å². The average Bonchev–Trinajstić information content (AvgIpc) is 2.16. The number of likely N-dealkylation sites (N-methyl/N-ethyl adjacent to an activating group) is 1. The maximum atomic E-state index is 5.26. The predicted molar refractivity (Wildman–Crippen MR) is 68.7 cm³/mol. The zero-order valence-corrected chi connectivity index (χ0v) is 11.3. The summed E-state index contributed by atoms with van der Waals surface area (Å²) in [6, 6.07) is 0.479. The summed E-state index contributed by atoms with van der Waals surface area (Å²) in [5, 5.41) is 3.49. The van der Waals surface area contributed by atoms with Crippen molar-refractivity contribution in [2.75, 3.05) is 39.9 Å². The van der Waals surface area contributed by atoms with Crippen molar-refractivity contribution in [1.29, 1.82) is 0 Å². The number of hydrogen-bond donors (Lipinski definition) is 1. The van der Waals surface area contributed by atoms with Gasteiger partial charge in [-0.3, -0.25) is 0 Å². The van der Waals surface area contributed by atoms with Crippen molar-refractivity contribution in [3.05, 3.63) is 0 Å². The van der Waals surface area contributed by atoms with Gasteiger partial charge in [-0.25, -0.2) is 0 Å². The highest BCUT2D eigenvalue weighted by Gasteiger charge is 2.23. The van der Waals surface area contributed by atoms with Gasteiger partial charge in [0.05, 0.1) is 6.61 Å². The molecule has 1 rings (SSSR count). The van der Waals surface area contributed by atoms with Crippen molar-refractivity contribution < 1.29 is 4.74 Å². The van der Waals surface area contributed by atoms with Crippen LogP contribution in [0.25, 0.3) is 0 Å². The van der Waals surface area contributed by atoms with E-state index < -0.39 is 0 Å². The quantitative estimate of drug-likeness (QED) is 0.747. The molecule has 1 aliphatic heterocycles. The number of rotatable bonds is 6. The Balaban J connectivity index is 2.37. The summed E-state index contributed by atoms with van der Waals surface area (Å²) in [5.74, 6) is 1.68. The minimum Gasteiger partial charge on any atom is -0.383 e. The van der Waals surface area contributed by atoms with E-state index in [1.54, 1.807) is 7.11 Å². The van der Waals surface area contributed by atoms with E-state index in [-0.39, 0.29) is 0 Å². The van der Waals surface area contributed by atoms with E-state index in [0.29, 0.717) is 6.04 Å². The number of likely N-dealkylation sites (tertiary alicyclic amines) is 1. The topological polar surface area (TPSA) is 24.5 Å². The van der Waals surface area contributed by atoms with Crippen LogP contribution in [-0.2, 0) is 4.74 Å². The van der Waals surface area contributed by atoms with Gasteiger partial charge in [-0.15, -0.1) is 0 Å². The molecule has 96 valence electrons. The largest absolute Gasteiger partial charge is 0.383 e. The molecule has 1 heterocycles. The van der Waals surface area contributed by atoms with Gasteiger partial charge < -0.3 is 15.0 Å². The fraction of sp³-hybridized carbons (Fsp3) is 1.00. The van der Waals surface area contributed by atoms with Crippen LogP contribution >= 0.6 is 0 Å². The van der Waals surface area contributed by atoms with E-state index in [0.717, 1.165) is 31.5 Å². The Hall–Kier alpha value is -0.120. The molecule has 3 heteroatoms. The molecule has 1 aliphatic rings. The van der Waals surface area contributed by atoms with Crippen molar-refractivity contribution in [3.8, 4) is 0 Å². The summed E-state index contributed by atoms with van der Waals surface area (Å²) in [7, 11) is 1.78. The van der Waals surface area contributed by atoms with E-state index in [1.807, 2.05) is 0 Å². The molecule has 0 saturated carbocycles. The second-order valence-electron chi connectivity index (χ2n) is 5.37. The number of hydrogen-bond acceptors (Lipinski definition) is 3. The van der Waals surface area contributed by atoms with Crippen molar-refractivity contribution in [2.45, 2.75) is 33.2 Å². The molecule has 1 saturated heterocycles. The third-order valence-corrected chi connectivity index (χ3v) is 3.28. The SMILES string of the molecule is CCNC(COC)CN1CC(C)CC(C)C1. The van der Waals surface area contributed by atoms with Crippen LogP contribution in [0.1, 0.15) is 27.2 Å². The Morgan fingerprint density at radius 2 is 1.94 bits per heavy atom. The van der Waals surface area contributed by atoms with Crippen LogP contribution < -0.4 is 5.32 Å². The highest BCUT2D eigenvalue weighted by atomic mass is 16.5. The maximum absolute atomic E-state index is 5.26. The summed E-state index contributed by atoms with van der Waals surface area (Å²) in [6.07, 6.45) is 1.38. The molecule has 16 heavy (non-hydrogen) atoms. The Morgan fingerprint density at radius 1 is 1.31 bits per heavy atom. The van der Waals surface area contributed by atoms with Gasteiger partial charge in [0.25, 0.3) is 0 Å². The predicted octanol–water partition coefficient (Wildman–Crippen LogP) is 1.59. The van der Waals surface area contributed by atoms with Gasteiger partial charge >= 0.3 is 0 Å². The molecular weight excluding hydrogens is 200 g/mol. The monoisotopic (exact) mass is 228 g/mol. The lowest BCUT2D eigenvalue weighted by molar-refractivity contribution is 0.0984. The number of piperidine rings is 1. The Kier molecular flexibility index (Phi) is 6.32. The first-order valence-corrected chi connectivity index (χ1v) is 6.60. The van der Waals surface area contributed by atoms with Crippen LogP contribution in [-0.4, -0.2) is 50.8 Å². The van der Waals surface area contributed by atoms with Gasteiger partial charge in [-0.2, -0.15) is 0 Å². The fourth-order valence-corrected chi connectivity index (χ4v) is 2.92. The maximum Gasteiger partial charge on any atom is 0.0628 e. The Morgan fingerprint density at radius 3 is 2.44 bits per heavy atom. The standard InChI is InChI=1S/C13H28N2O/c1-5-14-13(10-16-4)9-15-7-11(2)6-12(3)8-15/h11-14H,5-10H2,1-4H3. The third-order valence-electron chi connectivity index (χ3n) is 3.28. The van der Waals surface area contributed by atoms with Crippen molar-refractivity contribution in [2.24, 2.45) is 11.8 Å². The summed E-state index contributed by atoms with van der Waals surface area (Å²) >= 11 is 0. The van der Waals surface area contributed by atoms with E-state index in [4.69, 9.17) is 4.74 Å². The number of nitrogens with one attached hydrogen (secondary N) is 1. The molecule has 3 unspecified atom stereocenters. The molecule has 0 radical (unpaired) electrons. The van der Waals surface area contributed by atoms with Crippen LogP contribution in [0.5, 0.6) is 0 Å². The second-order valence-corrected chi connectivity index (χ2v) is 5.37. The molecule has 0 spiro atoms. The fourth-order valence-electron chi connectivity index (χ4n) is 2.92. The first-order valence-electron chi connectivity index (χ1n) is 6.60. The zero-order valence-electron chi connectivity index (χ0n) is 11.3. The van der Waals surface area contributed by atoms with Crippen LogP contribution in [0.3, 0.4) is 0 Å². The highest BCUT2D eigenvalue weighted by molar-refractivity contribution is 4.79. The summed E-state index contributed by atoms with van der Waals surface area (Å²) in [5.41, 5.74) is 0. The smallest absolute Gasteiger partial charge is 0.0628 e. The number of methoxy groups -OCH3 is 1. The minimum absolute atomic E-state index is 0.479. The molecule has 0 aromatic heterocycles. The summed E-state index contributed by atoms with van der Waals surface area (Å²) < 4.78 is 5.26. The molecule has 0 aromatic carbocycles.